The van der Waals surface area contributed by atoms with Crippen LogP contribution in [0.15, 0.2) is 42.5 Å². The van der Waals surface area contributed by atoms with E-state index in [1.165, 1.54) is 0 Å². The maximum absolute atomic E-state index is 13.5. The van der Waals surface area contributed by atoms with Gasteiger partial charge in [-0.3, -0.25) is 4.79 Å². The van der Waals surface area contributed by atoms with E-state index in [4.69, 9.17) is 0 Å². The van der Waals surface area contributed by atoms with E-state index in [0.717, 1.165) is 38.9 Å². The average molecular weight is 317 g/mol. The highest BCUT2D eigenvalue weighted by molar-refractivity contribution is 6.20. The predicted molar refractivity (Wildman–Crippen MR) is 99.0 cm³/mol. The normalized spacial score (nSPS) is 16.1. The van der Waals surface area contributed by atoms with Crippen LogP contribution < -0.4 is 0 Å². The first-order valence-corrected chi connectivity index (χ1v) is 8.53. The monoisotopic (exact) mass is 317 g/mol. The minimum atomic E-state index is -0.223. The molecule has 122 valence electrons. The molecule has 0 saturated heterocycles. The second-order valence-corrected chi connectivity index (χ2v) is 8.35. The van der Waals surface area contributed by atoms with Gasteiger partial charge in [0.1, 0.15) is 0 Å². The van der Waals surface area contributed by atoms with Gasteiger partial charge in [-0.15, -0.1) is 0 Å². The summed E-state index contributed by atoms with van der Waals surface area (Å²) in [6.45, 7) is 10.9. The Hall–Kier alpha value is -2.35. The van der Waals surface area contributed by atoms with Crippen molar-refractivity contribution in [2.75, 3.05) is 0 Å². The Bertz CT molecular complexity index is 983. The first-order valence-electron chi connectivity index (χ1n) is 8.53. The standard InChI is InChI=1S/C22H23NO/c1-21(2,3)14-10-8-11-15-18(14)19(24)17-13-9-6-7-12-16(13)23-20(17)22(15,4)5/h6-12,23H,1-5H3. The number of hydrogen-bond donors (Lipinski definition) is 1. The Morgan fingerprint density at radius 3 is 2.33 bits per heavy atom. The molecule has 0 unspecified atom stereocenters. The fraction of sp³-hybridized carbons (Fsp3) is 0.318. The molecule has 2 nitrogen and oxygen atoms in total. The van der Waals surface area contributed by atoms with Crippen molar-refractivity contribution >= 4 is 16.7 Å². The summed E-state index contributed by atoms with van der Waals surface area (Å²) in [5, 5.41) is 1.03. The lowest BCUT2D eigenvalue weighted by atomic mass is 9.67. The third kappa shape index (κ3) is 1.86. The van der Waals surface area contributed by atoms with E-state index in [1.54, 1.807) is 0 Å². The molecule has 2 aromatic carbocycles. The number of para-hydroxylation sites is 1. The van der Waals surface area contributed by atoms with Gasteiger partial charge in [0.25, 0.3) is 0 Å². The Morgan fingerprint density at radius 2 is 1.62 bits per heavy atom. The van der Waals surface area contributed by atoms with Crippen molar-refractivity contribution < 1.29 is 4.79 Å². The van der Waals surface area contributed by atoms with Crippen molar-refractivity contribution in [3.05, 3.63) is 70.4 Å². The summed E-state index contributed by atoms with van der Waals surface area (Å²) in [5.74, 6) is 0.155. The van der Waals surface area contributed by atoms with Crippen LogP contribution in [0.5, 0.6) is 0 Å². The fourth-order valence-electron chi connectivity index (χ4n) is 4.05. The maximum Gasteiger partial charge on any atom is 0.196 e. The van der Waals surface area contributed by atoms with Gasteiger partial charge in [0.2, 0.25) is 0 Å². The van der Waals surface area contributed by atoms with Gasteiger partial charge in [-0.1, -0.05) is 71.0 Å². The van der Waals surface area contributed by atoms with Crippen LogP contribution in [0, 0.1) is 0 Å². The van der Waals surface area contributed by atoms with Crippen LogP contribution in [0.2, 0.25) is 0 Å². The van der Waals surface area contributed by atoms with Crippen molar-refractivity contribution in [1.29, 1.82) is 0 Å². The Morgan fingerprint density at radius 1 is 0.917 bits per heavy atom. The molecular formula is C22H23NO. The largest absolute Gasteiger partial charge is 0.357 e. The topological polar surface area (TPSA) is 32.9 Å². The minimum Gasteiger partial charge on any atom is -0.357 e. The summed E-state index contributed by atoms with van der Waals surface area (Å²) >= 11 is 0. The number of carbonyl (C=O) groups excluding carboxylic acids is 1. The Balaban J connectivity index is 2.13. The molecule has 1 aliphatic carbocycles. The van der Waals surface area contributed by atoms with Gasteiger partial charge in [0.15, 0.2) is 5.78 Å². The lowest BCUT2D eigenvalue weighted by Crippen LogP contribution is -2.33. The quantitative estimate of drug-likeness (QED) is 0.597. The number of H-pyrrole nitrogens is 1. The molecule has 0 fully saturated rings. The number of benzene rings is 2. The molecule has 1 heterocycles. The van der Waals surface area contributed by atoms with Crippen LogP contribution in [0.3, 0.4) is 0 Å². The third-order valence-electron chi connectivity index (χ3n) is 5.33. The van der Waals surface area contributed by atoms with Crippen molar-refractivity contribution in [1.82, 2.24) is 4.98 Å². The van der Waals surface area contributed by atoms with E-state index in [-0.39, 0.29) is 16.6 Å². The Kier molecular flexibility index (Phi) is 2.91. The lowest BCUT2D eigenvalue weighted by molar-refractivity contribution is 0.103. The van der Waals surface area contributed by atoms with Gasteiger partial charge in [-0.2, -0.15) is 0 Å². The van der Waals surface area contributed by atoms with Crippen LogP contribution in [-0.2, 0) is 10.8 Å². The van der Waals surface area contributed by atoms with E-state index in [0.29, 0.717) is 0 Å². The van der Waals surface area contributed by atoms with Gasteiger partial charge < -0.3 is 4.98 Å². The van der Waals surface area contributed by atoms with E-state index in [2.05, 4.69) is 57.8 Å². The Labute approximate surface area is 142 Å². The van der Waals surface area contributed by atoms with Crippen molar-refractivity contribution in [2.45, 2.75) is 45.4 Å². The molecule has 2 heteroatoms. The van der Waals surface area contributed by atoms with Crippen molar-refractivity contribution in [3.8, 4) is 0 Å². The smallest absolute Gasteiger partial charge is 0.196 e. The first kappa shape index (κ1) is 15.2. The van der Waals surface area contributed by atoms with E-state index < -0.39 is 0 Å². The number of nitrogens with one attached hydrogen (secondary N) is 1. The molecule has 1 aromatic heterocycles. The van der Waals surface area contributed by atoms with Gasteiger partial charge in [-0.05, 0) is 22.6 Å². The molecule has 3 aromatic rings. The SMILES string of the molecule is CC(C)(C)c1cccc2c1C(=O)c1c([nH]c3ccccc13)C2(C)C. The van der Waals surface area contributed by atoms with Crippen LogP contribution in [0.25, 0.3) is 10.9 Å². The van der Waals surface area contributed by atoms with Crippen LogP contribution in [-0.4, -0.2) is 10.8 Å². The van der Waals surface area contributed by atoms with Gasteiger partial charge >= 0.3 is 0 Å². The highest BCUT2D eigenvalue weighted by atomic mass is 16.1. The van der Waals surface area contributed by atoms with E-state index in [9.17, 15) is 4.79 Å². The molecule has 0 radical (unpaired) electrons. The molecule has 1 N–H and O–H groups in total. The van der Waals surface area contributed by atoms with E-state index in [1.807, 2.05) is 24.3 Å². The minimum absolute atomic E-state index is 0.0688. The molecule has 24 heavy (non-hydrogen) atoms. The van der Waals surface area contributed by atoms with E-state index >= 15 is 0 Å². The number of rotatable bonds is 0. The molecular weight excluding hydrogens is 294 g/mol. The van der Waals surface area contributed by atoms with Gasteiger partial charge in [-0.25, -0.2) is 0 Å². The zero-order chi connectivity index (χ0) is 17.3. The highest BCUT2D eigenvalue weighted by Gasteiger charge is 2.41. The zero-order valence-corrected chi connectivity index (χ0v) is 14.9. The predicted octanol–water partition coefficient (Wildman–Crippen LogP) is 5.34. The highest BCUT2D eigenvalue weighted by Crippen LogP contribution is 2.46. The summed E-state index contributed by atoms with van der Waals surface area (Å²) in [4.78, 5) is 17.0. The third-order valence-corrected chi connectivity index (χ3v) is 5.33. The summed E-state index contributed by atoms with van der Waals surface area (Å²) in [7, 11) is 0. The number of carbonyl (C=O) groups is 1. The molecule has 4 rings (SSSR count). The zero-order valence-electron chi connectivity index (χ0n) is 14.9. The van der Waals surface area contributed by atoms with Crippen LogP contribution in [0.1, 0.15) is 67.4 Å². The second kappa shape index (κ2) is 4.60. The lowest BCUT2D eigenvalue weighted by Gasteiger charge is -2.35. The second-order valence-electron chi connectivity index (χ2n) is 8.35. The van der Waals surface area contributed by atoms with Gasteiger partial charge in [0.05, 0.1) is 5.56 Å². The molecule has 0 aliphatic heterocycles. The van der Waals surface area contributed by atoms with Crippen LogP contribution in [0.4, 0.5) is 0 Å². The number of aromatic amines is 1. The maximum atomic E-state index is 13.5. The van der Waals surface area contributed by atoms with Crippen molar-refractivity contribution in [2.24, 2.45) is 0 Å². The fourth-order valence-corrected chi connectivity index (χ4v) is 4.05. The van der Waals surface area contributed by atoms with Crippen LogP contribution >= 0.6 is 0 Å². The molecule has 0 amide bonds. The number of fused-ring (bicyclic) bond motifs is 4. The number of ketones is 1. The number of hydrogen-bond acceptors (Lipinski definition) is 1. The first-order chi connectivity index (χ1) is 11.2. The summed E-state index contributed by atoms with van der Waals surface area (Å²) < 4.78 is 0. The molecule has 1 aliphatic rings. The summed E-state index contributed by atoms with van der Waals surface area (Å²) in [6.07, 6.45) is 0. The summed E-state index contributed by atoms with van der Waals surface area (Å²) in [6, 6.07) is 14.4. The van der Waals surface area contributed by atoms with Crippen molar-refractivity contribution in [3.63, 3.8) is 0 Å². The molecule has 0 saturated carbocycles. The molecule has 0 atom stereocenters. The number of aromatic nitrogens is 1. The summed E-state index contributed by atoms with van der Waals surface area (Å²) in [5.41, 5.74) is 5.78. The van der Waals surface area contributed by atoms with Gasteiger partial charge in [0, 0.05) is 27.6 Å². The molecule has 0 spiro atoms. The average Bonchev–Trinajstić information content (AvgIpc) is 2.92. The molecule has 0 bridgehead atoms.